The van der Waals surface area contributed by atoms with Crippen molar-refractivity contribution in [1.82, 2.24) is 5.16 Å². The van der Waals surface area contributed by atoms with Crippen LogP contribution < -0.4 is 0 Å². The van der Waals surface area contributed by atoms with Gasteiger partial charge < -0.3 is 9.26 Å². The molecule has 0 spiro atoms. The minimum Gasteiger partial charge on any atom is -0.459 e. The first-order valence-electron chi connectivity index (χ1n) is 9.41. The van der Waals surface area contributed by atoms with E-state index in [2.05, 4.69) is 5.16 Å². The summed E-state index contributed by atoms with van der Waals surface area (Å²) < 4.78 is 11.1. The highest BCUT2D eigenvalue weighted by atomic mass is 35.5. The van der Waals surface area contributed by atoms with Gasteiger partial charge in [-0.1, -0.05) is 35.5 Å². The van der Waals surface area contributed by atoms with Gasteiger partial charge in [0.15, 0.2) is 5.76 Å². The fraction of sp³-hybridized carbons (Fsp3) is 0.524. The molecular weight excluding hydrogens is 350 g/mol. The Bertz CT molecular complexity index is 817. The zero-order chi connectivity index (χ0) is 17.8. The van der Waals surface area contributed by atoms with Crippen LogP contribution in [-0.2, 0) is 16.1 Å². The molecule has 1 aromatic heterocycles. The Morgan fingerprint density at radius 2 is 1.92 bits per heavy atom. The van der Waals surface area contributed by atoms with Crippen molar-refractivity contribution in [1.29, 1.82) is 0 Å². The number of rotatable bonds is 4. The van der Waals surface area contributed by atoms with Crippen LogP contribution in [0.5, 0.6) is 0 Å². The SMILES string of the molecule is O=C(OCc1cc(-c2ccccc2)on1)C12C[C@@H]3C[C@@H](CC(Cl)(C3)C1)C2. The van der Waals surface area contributed by atoms with Crippen molar-refractivity contribution >= 4 is 17.6 Å². The lowest BCUT2D eigenvalue weighted by Crippen LogP contribution is -2.56. The number of hydrogen-bond acceptors (Lipinski definition) is 4. The molecule has 2 aromatic rings. The minimum absolute atomic E-state index is 0.0964. The van der Waals surface area contributed by atoms with Crippen LogP contribution in [-0.4, -0.2) is 16.0 Å². The van der Waals surface area contributed by atoms with Crippen molar-refractivity contribution in [2.45, 2.75) is 50.0 Å². The molecule has 4 aliphatic rings. The van der Waals surface area contributed by atoms with E-state index in [0.29, 0.717) is 23.3 Å². The summed E-state index contributed by atoms with van der Waals surface area (Å²) in [6.45, 7) is 0.154. The molecule has 4 fully saturated rings. The van der Waals surface area contributed by atoms with Crippen LogP contribution in [0.15, 0.2) is 40.9 Å². The van der Waals surface area contributed by atoms with Gasteiger partial charge in [-0.2, -0.15) is 0 Å². The minimum atomic E-state index is -0.377. The van der Waals surface area contributed by atoms with E-state index in [9.17, 15) is 4.79 Å². The van der Waals surface area contributed by atoms with Crippen molar-refractivity contribution < 1.29 is 14.1 Å². The predicted octanol–water partition coefficient (Wildman–Crippen LogP) is 4.96. The smallest absolute Gasteiger partial charge is 0.312 e. The first-order valence-corrected chi connectivity index (χ1v) is 9.79. The monoisotopic (exact) mass is 371 g/mol. The van der Waals surface area contributed by atoms with Crippen LogP contribution in [0, 0.1) is 17.3 Å². The summed E-state index contributed by atoms with van der Waals surface area (Å²) in [5, 5.41) is 4.05. The molecule has 0 saturated heterocycles. The van der Waals surface area contributed by atoms with Crippen molar-refractivity contribution in [2.24, 2.45) is 17.3 Å². The number of aromatic nitrogens is 1. The second-order valence-electron chi connectivity index (χ2n) is 8.52. The molecule has 6 rings (SSSR count). The number of ether oxygens (including phenoxy) is 1. The standard InChI is InChI=1S/C21H22ClNO3/c22-21-10-14-6-15(11-21)9-20(8-14,13-21)19(24)25-12-17-7-18(26-23-17)16-4-2-1-3-5-16/h1-5,7,14-15H,6,8-13H2/t14-,15+,20?,21?. The zero-order valence-corrected chi connectivity index (χ0v) is 15.4. The van der Waals surface area contributed by atoms with Crippen LogP contribution in [0.25, 0.3) is 11.3 Å². The lowest BCUT2D eigenvalue weighted by atomic mass is 9.49. The Hall–Kier alpha value is -1.81. The average Bonchev–Trinajstić information content (AvgIpc) is 3.07. The second-order valence-corrected chi connectivity index (χ2v) is 9.32. The fourth-order valence-electron chi connectivity index (χ4n) is 5.80. The number of halogens is 1. The summed E-state index contributed by atoms with van der Waals surface area (Å²) in [6, 6.07) is 11.6. The van der Waals surface area contributed by atoms with Gasteiger partial charge in [-0.05, 0) is 50.4 Å². The molecule has 4 nitrogen and oxygen atoms in total. The number of benzene rings is 1. The largest absolute Gasteiger partial charge is 0.459 e. The van der Waals surface area contributed by atoms with Crippen LogP contribution in [0.4, 0.5) is 0 Å². The highest BCUT2D eigenvalue weighted by Gasteiger charge is 2.60. The van der Waals surface area contributed by atoms with E-state index in [0.717, 1.165) is 37.7 Å². The highest BCUT2D eigenvalue weighted by molar-refractivity contribution is 6.24. The average molecular weight is 372 g/mol. The van der Waals surface area contributed by atoms with Gasteiger partial charge in [-0.15, -0.1) is 11.6 Å². The molecule has 0 aliphatic heterocycles. The normalized spacial score (nSPS) is 34.8. The topological polar surface area (TPSA) is 52.3 Å². The van der Waals surface area contributed by atoms with E-state index < -0.39 is 0 Å². The molecule has 0 amide bonds. The van der Waals surface area contributed by atoms with Gasteiger partial charge >= 0.3 is 5.97 Å². The molecule has 5 heteroatoms. The Morgan fingerprint density at radius 1 is 1.19 bits per heavy atom. The Morgan fingerprint density at radius 3 is 2.62 bits per heavy atom. The third kappa shape index (κ3) is 2.75. The number of esters is 1. The first kappa shape index (κ1) is 16.4. The van der Waals surface area contributed by atoms with Crippen LogP contribution in [0.1, 0.15) is 44.2 Å². The van der Waals surface area contributed by atoms with Gasteiger partial charge in [-0.3, -0.25) is 4.79 Å². The molecule has 4 aliphatic carbocycles. The lowest BCUT2D eigenvalue weighted by Gasteiger charge is -2.58. The number of nitrogens with zero attached hydrogens (tertiary/aromatic N) is 1. The summed E-state index contributed by atoms with van der Waals surface area (Å²) >= 11 is 6.82. The molecular formula is C21H22ClNO3. The van der Waals surface area contributed by atoms with Gasteiger partial charge in [0.25, 0.3) is 0 Å². The predicted molar refractivity (Wildman–Crippen MR) is 97.4 cm³/mol. The third-order valence-electron chi connectivity index (χ3n) is 6.39. The number of alkyl halides is 1. The molecule has 0 radical (unpaired) electrons. The van der Waals surface area contributed by atoms with Gasteiger partial charge in [0.1, 0.15) is 12.3 Å². The molecule has 2 unspecified atom stereocenters. The van der Waals surface area contributed by atoms with E-state index in [1.165, 1.54) is 6.42 Å². The molecule has 4 saturated carbocycles. The maximum absolute atomic E-state index is 12.9. The fourth-order valence-corrected chi connectivity index (χ4v) is 6.49. The third-order valence-corrected chi connectivity index (χ3v) is 6.83. The van der Waals surface area contributed by atoms with Gasteiger partial charge in [0.2, 0.25) is 0 Å². The van der Waals surface area contributed by atoms with E-state index in [1.54, 1.807) is 0 Å². The van der Waals surface area contributed by atoms with Crippen molar-refractivity contribution in [3.63, 3.8) is 0 Å². The number of carbonyl (C=O) groups excluding carboxylic acids is 1. The summed E-state index contributed by atoms with van der Waals surface area (Å²) in [6.07, 6.45) is 5.98. The maximum atomic E-state index is 12.9. The van der Waals surface area contributed by atoms with Crippen LogP contribution >= 0.6 is 11.6 Å². The lowest BCUT2D eigenvalue weighted by molar-refractivity contribution is -0.171. The van der Waals surface area contributed by atoms with Gasteiger partial charge in [0.05, 0.1) is 5.41 Å². The van der Waals surface area contributed by atoms with Gasteiger partial charge in [0, 0.05) is 16.5 Å². The number of carbonyl (C=O) groups is 1. The Balaban J connectivity index is 1.28. The quantitative estimate of drug-likeness (QED) is 0.562. The molecule has 136 valence electrons. The second kappa shape index (κ2) is 5.85. The molecule has 1 heterocycles. The first-order chi connectivity index (χ1) is 12.5. The van der Waals surface area contributed by atoms with E-state index in [4.69, 9.17) is 20.9 Å². The van der Waals surface area contributed by atoms with Crippen molar-refractivity contribution in [2.75, 3.05) is 0 Å². The summed E-state index contributed by atoms with van der Waals surface area (Å²) in [5.74, 6) is 1.75. The van der Waals surface area contributed by atoms with E-state index in [-0.39, 0.29) is 22.9 Å². The highest BCUT2D eigenvalue weighted by Crippen LogP contribution is 2.64. The number of hydrogen-bond donors (Lipinski definition) is 0. The zero-order valence-electron chi connectivity index (χ0n) is 14.6. The van der Waals surface area contributed by atoms with Crippen molar-refractivity contribution in [3.8, 4) is 11.3 Å². The molecule has 0 N–H and O–H groups in total. The van der Waals surface area contributed by atoms with Gasteiger partial charge in [-0.25, -0.2) is 0 Å². The molecule has 4 atom stereocenters. The molecule has 4 bridgehead atoms. The van der Waals surface area contributed by atoms with E-state index in [1.807, 2.05) is 36.4 Å². The summed E-state index contributed by atoms with van der Waals surface area (Å²) in [5.41, 5.74) is 1.22. The Kier molecular flexibility index (Phi) is 3.68. The van der Waals surface area contributed by atoms with E-state index >= 15 is 0 Å². The maximum Gasteiger partial charge on any atom is 0.312 e. The summed E-state index contributed by atoms with van der Waals surface area (Å²) in [4.78, 5) is 12.8. The Labute approximate surface area is 157 Å². The molecule has 26 heavy (non-hydrogen) atoms. The van der Waals surface area contributed by atoms with Crippen LogP contribution in [0.3, 0.4) is 0 Å². The molecule has 1 aromatic carbocycles. The van der Waals surface area contributed by atoms with Crippen LogP contribution in [0.2, 0.25) is 0 Å². The summed E-state index contributed by atoms with van der Waals surface area (Å²) in [7, 11) is 0. The van der Waals surface area contributed by atoms with Crippen molar-refractivity contribution in [3.05, 3.63) is 42.1 Å².